The van der Waals surface area contributed by atoms with Gasteiger partial charge in [-0.25, -0.2) is 0 Å². The summed E-state index contributed by atoms with van der Waals surface area (Å²) in [5.74, 6) is -0.288. The molecule has 0 spiro atoms. The minimum absolute atomic E-state index is 0.288. The van der Waals surface area contributed by atoms with Crippen LogP contribution in [0.5, 0.6) is 5.75 Å². The molecule has 1 aliphatic heterocycles. The highest BCUT2D eigenvalue weighted by molar-refractivity contribution is 5.81. The van der Waals surface area contributed by atoms with Gasteiger partial charge in [0, 0.05) is 33.1 Å². The standard InChI is InChI=1S/C28H29F3N2O6/c1-17-24(34-2)25(35-3)26(36-4)27(37-17)39-33-16-18-5-7-19(8-6-18)21-13-14-32-23(15-21)20-9-11-22(12-10-20)38-28(29,30)31/h5-17,24-27H,1-4H3/t17-,24-,25+,26+,27-/m0/s1. The van der Waals surface area contributed by atoms with Gasteiger partial charge in [-0.05, 0) is 60.0 Å². The molecule has 2 heterocycles. The molecular formula is C28H29F3N2O6. The second-order valence-corrected chi connectivity index (χ2v) is 8.77. The van der Waals surface area contributed by atoms with E-state index in [4.69, 9.17) is 23.8 Å². The molecule has 1 saturated heterocycles. The lowest BCUT2D eigenvalue weighted by Gasteiger charge is -2.42. The zero-order valence-electron chi connectivity index (χ0n) is 21.8. The highest BCUT2D eigenvalue weighted by Gasteiger charge is 2.46. The van der Waals surface area contributed by atoms with Crippen LogP contribution >= 0.6 is 0 Å². The maximum absolute atomic E-state index is 12.4. The Hall–Kier alpha value is -3.51. The minimum atomic E-state index is -4.74. The van der Waals surface area contributed by atoms with E-state index in [1.165, 1.54) is 24.3 Å². The lowest BCUT2D eigenvalue weighted by molar-refractivity contribution is -0.305. The summed E-state index contributed by atoms with van der Waals surface area (Å²) in [6.45, 7) is 1.87. The summed E-state index contributed by atoms with van der Waals surface area (Å²) < 4.78 is 63.7. The van der Waals surface area contributed by atoms with Gasteiger partial charge < -0.3 is 28.5 Å². The number of ether oxygens (including phenoxy) is 5. The van der Waals surface area contributed by atoms with Gasteiger partial charge >= 0.3 is 6.36 Å². The van der Waals surface area contributed by atoms with Gasteiger partial charge in [0.15, 0.2) is 6.10 Å². The number of oxime groups is 1. The molecule has 1 aromatic heterocycles. The van der Waals surface area contributed by atoms with E-state index >= 15 is 0 Å². The largest absolute Gasteiger partial charge is 0.573 e. The highest BCUT2D eigenvalue weighted by Crippen LogP contribution is 2.29. The van der Waals surface area contributed by atoms with Crippen LogP contribution in [0.25, 0.3) is 22.4 Å². The minimum Gasteiger partial charge on any atom is -0.406 e. The molecule has 11 heteroatoms. The maximum atomic E-state index is 12.4. The van der Waals surface area contributed by atoms with Crippen molar-refractivity contribution in [3.05, 3.63) is 72.4 Å². The Labute approximate surface area is 224 Å². The van der Waals surface area contributed by atoms with Crippen LogP contribution in [0, 0.1) is 0 Å². The van der Waals surface area contributed by atoms with Crippen LogP contribution in [-0.2, 0) is 23.8 Å². The summed E-state index contributed by atoms with van der Waals surface area (Å²) in [5.41, 5.74) is 3.88. The molecule has 2 aromatic carbocycles. The predicted molar refractivity (Wildman–Crippen MR) is 137 cm³/mol. The van der Waals surface area contributed by atoms with E-state index in [0.29, 0.717) is 11.3 Å². The first-order chi connectivity index (χ1) is 18.7. The van der Waals surface area contributed by atoms with Crippen LogP contribution < -0.4 is 4.74 Å². The molecule has 39 heavy (non-hydrogen) atoms. The molecule has 0 amide bonds. The second kappa shape index (κ2) is 12.6. The third-order valence-electron chi connectivity index (χ3n) is 6.30. The quantitative estimate of drug-likeness (QED) is 0.261. The summed E-state index contributed by atoms with van der Waals surface area (Å²) in [4.78, 5) is 9.95. The first-order valence-electron chi connectivity index (χ1n) is 12.1. The molecule has 0 saturated carbocycles. The van der Waals surface area contributed by atoms with Crippen molar-refractivity contribution < 1.29 is 41.7 Å². The monoisotopic (exact) mass is 546 g/mol. The van der Waals surface area contributed by atoms with E-state index in [1.54, 1.807) is 33.7 Å². The van der Waals surface area contributed by atoms with Crippen molar-refractivity contribution in [3.63, 3.8) is 0 Å². The Morgan fingerprint density at radius 2 is 1.46 bits per heavy atom. The average Bonchev–Trinajstić information content (AvgIpc) is 2.92. The van der Waals surface area contributed by atoms with Crippen molar-refractivity contribution in [2.75, 3.05) is 21.3 Å². The number of nitrogens with zero attached hydrogens (tertiary/aromatic N) is 2. The normalized spacial score (nSPS) is 23.6. The SMILES string of the molecule is CO[C@@H]1[C@@H](OC)[C@H](C)O[C@@H](ON=Cc2ccc(-c3ccnc(-c4ccc(OC(F)(F)F)cc4)c3)cc2)[C@@H]1OC. The fraction of sp³-hybridized carbons (Fsp3) is 0.357. The van der Waals surface area contributed by atoms with Crippen molar-refractivity contribution in [2.45, 2.75) is 44.0 Å². The lowest BCUT2D eigenvalue weighted by Crippen LogP contribution is -2.59. The molecule has 5 atom stereocenters. The van der Waals surface area contributed by atoms with E-state index in [9.17, 15) is 13.2 Å². The summed E-state index contributed by atoms with van der Waals surface area (Å²) in [6.07, 6.45) is -3.83. The topological polar surface area (TPSA) is 80.6 Å². The van der Waals surface area contributed by atoms with Gasteiger partial charge in [-0.1, -0.05) is 29.4 Å². The Morgan fingerprint density at radius 3 is 2.08 bits per heavy atom. The van der Waals surface area contributed by atoms with E-state index in [0.717, 1.165) is 16.7 Å². The van der Waals surface area contributed by atoms with Gasteiger partial charge in [-0.15, -0.1) is 13.2 Å². The second-order valence-electron chi connectivity index (χ2n) is 8.77. The van der Waals surface area contributed by atoms with Crippen LogP contribution in [0.1, 0.15) is 12.5 Å². The first kappa shape index (κ1) is 28.5. The molecule has 4 rings (SSSR count). The van der Waals surface area contributed by atoms with E-state index in [2.05, 4.69) is 14.9 Å². The molecule has 0 N–H and O–H groups in total. The van der Waals surface area contributed by atoms with Crippen LogP contribution in [0.3, 0.4) is 0 Å². The number of hydrogen-bond acceptors (Lipinski definition) is 8. The molecule has 208 valence electrons. The molecular weight excluding hydrogens is 517 g/mol. The number of hydrogen-bond donors (Lipinski definition) is 0. The number of pyridine rings is 1. The number of aromatic nitrogens is 1. The smallest absolute Gasteiger partial charge is 0.406 e. The third kappa shape index (κ3) is 7.12. The average molecular weight is 547 g/mol. The van der Waals surface area contributed by atoms with Crippen LogP contribution in [0.4, 0.5) is 13.2 Å². The summed E-state index contributed by atoms with van der Waals surface area (Å²) >= 11 is 0. The molecule has 0 aliphatic carbocycles. The number of methoxy groups -OCH3 is 3. The Morgan fingerprint density at radius 1 is 0.821 bits per heavy atom. The fourth-order valence-electron chi connectivity index (χ4n) is 4.41. The number of benzene rings is 2. The zero-order valence-corrected chi connectivity index (χ0v) is 21.8. The summed E-state index contributed by atoms with van der Waals surface area (Å²) in [6, 6.07) is 16.9. The van der Waals surface area contributed by atoms with Gasteiger partial charge in [0.25, 0.3) is 6.29 Å². The molecule has 1 fully saturated rings. The molecule has 0 unspecified atom stereocenters. The predicted octanol–water partition coefficient (Wildman–Crippen LogP) is 5.45. The fourth-order valence-corrected chi connectivity index (χ4v) is 4.41. The van der Waals surface area contributed by atoms with Gasteiger partial charge in [0.05, 0.1) is 18.0 Å². The van der Waals surface area contributed by atoms with E-state index in [1.807, 2.05) is 43.3 Å². The maximum Gasteiger partial charge on any atom is 0.573 e. The molecule has 0 radical (unpaired) electrons. The van der Waals surface area contributed by atoms with Crippen molar-refractivity contribution in [3.8, 4) is 28.1 Å². The molecule has 1 aliphatic rings. The summed E-state index contributed by atoms with van der Waals surface area (Å²) in [7, 11) is 4.72. The number of rotatable bonds is 9. The van der Waals surface area contributed by atoms with Gasteiger partial charge in [-0.2, -0.15) is 0 Å². The van der Waals surface area contributed by atoms with E-state index < -0.39 is 18.8 Å². The van der Waals surface area contributed by atoms with Crippen molar-refractivity contribution in [1.29, 1.82) is 0 Å². The third-order valence-corrected chi connectivity index (χ3v) is 6.30. The molecule has 3 aromatic rings. The number of halogens is 3. The van der Waals surface area contributed by atoms with Crippen molar-refractivity contribution in [1.82, 2.24) is 4.98 Å². The van der Waals surface area contributed by atoms with Crippen LogP contribution in [-0.4, -0.2) is 69.6 Å². The summed E-state index contributed by atoms with van der Waals surface area (Å²) in [5, 5.41) is 4.09. The van der Waals surface area contributed by atoms with E-state index in [-0.39, 0.29) is 24.1 Å². The first-order valence-corrected chi connectivity index (χ1v) is 12.1. The Balaban J connectivity index is 1.41. The molecule has 8 nitrogen and oxygen atoms in total. The van der Waals surface area contributed by atoms with Crippen molar-refractivity contribution in [2.24, 2.45) is 5.16 Å². The van der Waals surface area contributed by atoms with Gasteiger partial charge in [-0.3, -0.25) is 4.98 Å². The van der Waals surface area contributed by atoms with Crippen molar-refractivity contribution >= 4 is 6.21 Å². The van der Waals surface area contributed by atoms with Crippen LogP contribution in [0.15, 0.2) is 72.0 Å². The van der Waals surface area contributed by atoms with Gasteiger partial charge in [0.1, 0.15) is 18.0 Å². The Bertz CT molecular complexity index is 1240. The van der Waals surface area contributed by atoms with Crippen LogP contribution in [0.2, 0.25) is 0 Å². The lowest BCUT2D eigenvalue weighted by atomic mass is 9.99. The highest BCUT2D eigenvalue weighted by atomic mass is 19.4. The van der Waals surface area contributed by atoms with Gasteiger partial charge in [0.2, 0.25) is 0 Å². The zero-order chi connectivity index (χ0) is 28.0. The molecule has 0 bridgehead atoms. The Kier molecular flexibility index (Phi) is 9.18. The number of alkyl halides is 3.